The quantitative estimate of drug-likeness (QED) is 0.526. The average molecular weight is 189 g/mol. The molecular weight excluding hydrogens is 174 g/mol. The number of carbonyl (C=O) groups excluding carboxylic acids is 1. The first-order valence-corrected chi connectivity index (χ1v) is 4.93. The Labute approximate surface area is 84.7 Å². The maximum atomic E-state index is 10.7. The van der Waals surface area contributed by atoms with Gasteiger partial charge in [0.25, 0.3) is 0 Å². The molecule has 0 spiro atoms. The average Bonchev–Trinajstić information content (AvgIpc) is 2.25. The van der Waals surface area contributed by atoms with Crippen LogP contribution in [0.2, 0.25) is 0 Å². The van der Waals surface area contributed by atoms with Crippen LogP contribution in [0.1, 0.15) is 31.9 Å². The number of hydrogen-bond acceptors (Lipinski definition) is 2. The number of unbranched alkanes of at least 4 members (excludes halogenated alkanes) is 1. The Hall–Kier alpha value is -1.44. The number of hydrogen-bond donors (Lipinski definition) is 0. The van der Waals surface area contributed by atoms with E-state index in [1.165, 1.54) is 0 Å². The van der Waals surface area contributed by atoms with E-state index in [2.05, 4.69) is 11.9 Å². The molecule has 0 aliphatic rings. The van der Waals surface area contributed by atoms with Crippen molar-refractivity contribution in [2.45, 2.75) is 26.2 Å². The topological polar surface area (TPSA) is 30.0 Å². The largest absolute Gasteiger partial charge is 0.298 e. The summed E-state index contributed by atoms with van der Waals surface area (Å²) in [6.07, 6.45) is 7.50. The van der Waals surface area contributed by atoms with E-state index in [4.69, 9.17) is 0 Å². The van der Waals surface area contributed by atoms with Gasteiger partial charge >= 0.3 is 0 Å². The van der Waals surface area contributed by atoms with Crippen LogP contribution < -0.4 is 0 Å². The first kappa shape index (κ1) is 10.6. The molecule has 0 fully saturated rings. The summed E-state index contributed by atoms with van der Waals surface area (Å²) < 4.78 is 0. The van der Waals surface area contributed by atoms with E-state index in [0.717, 1.165) is 36.8 Å². The minimum atomic E-state index is 0.825. The monoisotopic (exact) mass is 189 g/mol. The summed E-state index contributed by atoms with van der Waals surface area (Å²) in [5, 5.41) is 0. The zero-order valence-electron chi connectivity index (χ0n) is 8.44. The van der Waals surface area contributed by atoms with Crippen LogP contribution in [0.5, 0.6) is 0 Å². The fourth-order valence-corrected chi connectivity index (χ4v) is 1.20. The van der Waals surface area contributed by atoms with Crippen molar-refractivity contribution in [3.05, 3.63) is 35.7 Å². The van der Waals surface area contributed by atoms with Gasteiger partial charge in [0.1, 0.15) is 6.29 Å². The third-order valence-corrected chi connectivity index (χ3v) is 1.99. The molecule has 0 N–H and O–H groups in total. The second-order valence-corrected chi connectivity index (χ2v) is 3.20. The highest BCUT2D eigenvalue weighted by Crippen LogP contribution is 2.08. The summed E-state index contributed by atoms with van der Waals surface area (Å²) in [6, 6.07) is 5.68. The second-order valence-electron chi connectivity index (χ2n) is 3.20. The lowest BCUT2D eigenvalue weighted by molar-refractivity contribution is -0.105. The number of aromatic nitrogens is 1. The Bertz CT molecular complexity index is 303. The summed E-state index contributed by atoms with van der Waals surface area (Å²) in [7, 11) is 0. The second kappa shape index (κ2) is 6.08. The zero-order valence-corrected chi connectivity index (χ0v) is 8.44. The summed E-state index contributed by atoms with van der Waals surface area (Å²) >= 11 is 0. The van der Waals surface area contributed by atoms with Crippen molar-refractivity contribution >= 4 is 12.4 Å². The van der Waals surface area contributed by atoms with Gasteiger partial charge in [-0.3, -0.25) is 9.78 Å². The van der Waals surface area contributed by atoms with Gasteiger partial charge in [0, 0.05) is 6.20 Å². The van der Waals surface area contributed by atoms with Crippen molar-refractivity contribution < 1.29 is 4.79 Å². The van der Waals surface area contributed by atoms with Gasteiger partial charge in [-0.1, -0.05) is 19.4 Å². The SMILES string of the molecule is CCCCC(C=O)=Cc1ccccn1. The molecule has 74 valence electrons. The molecule has 0 amide bonds. The lowest BCUT2D eigenvalue weighted by atomic mass is 10.1. The van der Waals surface area contributed by atoms with E-state index < -0.39 is 0 Å². The molecule has 1 heterocycles. The first-order valence-electron chi connectivity index (χ1n) is 4.93. The van der Waals surface area contributed by atoms with Crippen molar-refractivity contribution in [2.24, 2.45) is 0 Å². The van der Waals surface area contributed by atoms with E-state index in [1.807, 2.05) is 24.3 Å². The molecule has 0 aromatic carbocycles. The molecule has 0 aliphatic heterocycles. The Morgan fingerprint density at radius 3 is 2.93 bits per heavy atom. The van der Waals surface area contributed by atoms with Gasteiger partial charge in [-0.25, -0.2) is 0 Å². The molecule has 0 saturated heterocycles. The summed E-state index contributed by atoms with van der Waals surface area (Å²) in [4.78, 5) is 14.9. The van der Waals surface area contributed by atoms with Crippen LogP contribution in [0.15, 0.2) is 30.0 Å². The van der Waals surface area contributed by atoms with E-state index in [-0.39, 0.29) is 0 Å². The lowest BCUT2D eigenvalue weighted by Crippen LogP contribution is -1.87. The maximum absolute atomic E-state index is 10.7. The van der Waals surface area contributed by atoms with Gasteiger partial charge in [-0.15, -0.1) is 0 Å². The van der Waals surface area contributed by atoms with Crippen molar-refractivity contribution in [2.75, 3.05) is 0 Å². The minimum absolute atomic E-state index is 0.825. The molecule has 1 aromatic rings. The van der Waals surface area contributed by atoms with Crippen LogP contribution >= 0.6 is 0 Å². The molecule has 0 atom stereocenters. The number of carbonyl (C=O) groups is 1. The van der Waals surface area contributed by atoms with Gasteiger partial charge in [0.05, 0.1) is 5.69 Å². The highest BCUT2D eigenvalue weighted by molar-refractivity contribution is 5.80. The Morgan fingerprint density at radius 2 is 2.36 bits per heavy atom. The molecular formula is C12H15NO. The first-order chi connectivity index (χ1) is 6.86. The van der Waals surface area contributed by atoms with E-state index in [9.17, 15) is 4.79 Å². The lowest BCUT2D eigenvalue weighted by Gasteiger charge is -1.97. The van der Waals surface area contributed by atoms with E-state index >= 15 is 0 Å². The fourth-order valence-electron chi connectivity index (χ4n) is 1.20. The Kier molecular flexibility index (Phi) is 4.62. The highest BCUT2D eigenvalue weighted by atomic mass is 16.1. The van der Waals surface area contributed by atoms with Gasteiger partial charge in [0.15, 0.2) is 0 Å². The minimum Gasteiger partial charge on any atom is -0.298 e. The Morgan fingerprint density at radius 1 is 1.50 bits per heavy atom. The third kappa shape index (κ3) is 3.52. The van der Waals surface area contributed by atoms with Gasteiger partial charge in [-0.2, -0.15) is 0 Å². The van der Waals surface area contributed by atoms with Crippen molar-refractivity contribution in [3.8, 4) is 0 Å². The van der Waals surface area contributed by atoms with Crippen molar-refractivity contribution in [3.63, 3.8) is 0 Å². The molecule has 0 aliphatic carbocycles. The number of nitrogens with zero attached hydrogens (tertiary/aromatic N) is 1. The van der Waals surface area contributed by atoms with Crippen molar-refractivity contribution in [1.29, 1.82) is 0 Å². The Balaban J connectivity index is 2.68. The molecule has 2 heteroatoms. The van der Waals surface area contributed by atoms with Gasteiger partial charge in [0.2, 0.25) is 0 Å². The van der Waals surface area contributed by atoms with Crippen LogP contribution in [-0.2, 0) is 4.79 Å². The van der Waals surface area contributed by atoms with Crippen LogP contribution in [0.3, 0.4) is 0 Å². The number of rotatable bonds is 5. The van der Waals surface area contributed by atoms with Gasteiger partial charge < -0.3 is 0 Å². The fraction of sp³-hybridized carbons (Fsp3) is 0.333. The summed E-state index contributed by atoms with van der Waals surface area (Å²) in [6.45, 7) is 2.11. The van der Waals surface area contributed by atoms with Crippen LogP contribution in [0.4, 0.5) is 0 Å². The molecule has 0 radical (unpaired) electrons. The molecule has 14 heavy (non-hydrogen) atoms. The maximum Gasteiger partial charge on any atom is 0.146 e. The molecule has 0 unspecified atom stereocenters. The molecule has 0 saturated carbocycles. The number of allylic oxidation sites excluding steroid dienone is 1. The molecule has 0 bridgehead atoms. The summed E-state index contributed by atoms with van der Waals surface area (Å²) in [5.41, 5.74) is 1.68. The smallest absolute Gasteiger partial charge is 0.146 e. The molecule has 2 nitrogen and oxygen atoms in total. The van der Waals surface area contributed by atoms with Crippen LogP contribution in [0.25, 0.3) is 6.08 Å². The van der Waals surface area contributed by atoms with E-state index in [0.29, 0.717) is 0 Å². The normalized spacial score (nSPS) is 11.4. The standard InChI is InChI=1S/C12H15NO/c1-2-3-6-11(10-14)9-12-7-4-5-8-13-12/h4-5,7-10H,2-3,6H2,1H3. The zero-order chi connectivity index (χ0) is 10.2. The number of pyridine rings is 1. The molecule has 1 rings (SSSR count). The predicted molar refractivity (Wildman–Crippen MR) is 57.8 cm³/mol. The van der Waals surface area contributed by atoms with Crippen molar-refractivity contribution in [1.82, 2.24) is 4.98 Å². The molecule has 1 aromatic heterocycles. The van der Waals surface area contributed by atoms with E-state index in [1.54, 1.807) is 6.20 Å². The van der Waals surface area contributed by atoms with Gasteiger partial charge in [-0.05, 0) is 36.6 Å². The number of aldehydes is 1. The predicted octanol–water partition coefficient (Wildman–Crippen LogP) is 2.85. The van der Waals surface area contributed by atoms with Crippen LogP contribution in [-0.4, -0.2) is 11.3 Å². The summed E-state index contributed by atoms with van der Waals surface area (Å²) in [5.74, 6) is 0. The van der Waals surface area contributed by atoms with Crippen LogP contribution in [0, 0.1) is 0 Å². The highest BCUT2D eigenvalue weighted by Gasteiger charge is 1.95. The third-order valence-electron chi connectivity index (χ3n) is 1.99.